The Labute approximate surface area is 204 Å². The highest BCUT2D eigenvalue weighted by Crippen LogP contribution is 2.48. The van der Waals surface area contributed by atoms with Gasteiger partial charge in [-0.25, -0.2) is 4.79 Å². The third-order valence-corrected chi connectivity index (χ3v) is 7.44. The minimum absolute atomic E-state index is 0.204. The Hall–Kier alpha value is -2.61. The Kier molecular flexibility index (Phi) is 7.84. The summed E-state index contributed by atoms with van der Waals surface area (Å²) in [6.07, 6.45) is -0.440. The Morgan fingerprint density at radius 2 is 1.74 bits per heavy atom. The number of allylic oxidation sites excluding steroid dienone is 3. The van der Waals surface area contributed by atoms with Crippen LogP contribution in [0.5, 0.6) is 0 Å². The molecule has 2 aliphatic rings. The van der Waals surface area contributed by atoms with Crippen LogP contribution in [0.25, 0.3) is 0 Å². The molecule has 0 radical (unpaired) electrons. The quantitative estimate of drug-likeness (QED) is 0.369. The first kappa shape index (κ1) is 27.0. The van der Waals surface area contributed by atoms with Crippen molar-refractivity contribution in [2.75, 3.05) is 7.11 Å². The summed E-state index contributed by atoms with van der Waals surface area (Å²) in [6.45, 7) is 7.26. The molecule has 35 heavy (non-hydrogen) atoms. The molecule has 1 aromatic rings. The van der Waals surface area contributed by atoms with Crippen LogP contribution >= 0.6 is 0 Å². The lowest BCUT2D eigenvalue weighted by atomic mass is 9.64. The van der Waals surface area contributed by atoms with Crippen molar-refractivity contribution in [1.82, 2.24) is 0 Å². The van der Waals surface area contributed by atoms with Gasteiger partial charge in [-0.15, -0.1) is 0 Å². The lowest BCUT2D eigenvalue weighted by Gasteiger charge is -2.43. The molecule has 0 saturated heterocycles. The molecule has 0 spiro atoms. The molecule has 0 saturated carbocycles. The smallest absolute Gasteiger partial charge is 0.432 e. The van der Waals surface area contributed by atoms with Gasteiger partial charge in [0.2, 0.25) is 0 Å². The normalized spacial score (nSPS) is 30.3. The van der Waals surface area contributed by atoms with Crippen molar-refractivity contribution in [3.05, 3.63) is 59.2 Å². The van der Waals surface area contributed by atoms with E-state index in [4.69, 9.17) is 14.2 Å². The molecule has 8 heteroatoms. The number of benzene rings is 1. The second kappa shape index (κ2) is 10.2. The van der Waals surface area contributed by atoms with Gasteiger partial charge in [-0.05, 0) is 44.1 Å². The van der Waals surface area contributed by atoms with Crippen molar-refractivity contribution >= 4 is 11.9 Å². The first-order valence-corrected chi connectivity index (χ1v) is 11.8. The summed E-state index contributed by atoms with van der Waals surface area (Å²) >= 11 is 0. The molecule has 0 heterocycles. The maximum Gasteiger partial charge on any atom is 0.432 e. The number of rotatable bonds is 5. The third kappa shape index (κ3) is 5.03. The van der Waals surface area contributed by atoms with E-state index in [-0.39, 0.29) is 11.8 Å². The highest BCUT2D eigenvalue weighted by molar-refractivity contribution is 5.83. The molecular formula is C27H33F3O5. The van der Waals surface area contributed by atoms with Crippen molar-refractivity contribution in [3.63, 3.8) is 0 Å². The van der Waals surface area contributed by atoms with Crippen LogP contribution in [0.15, 0.2) is 53.6 Å². The third-order valence-electron chi connectivity index (χ3n) is 7.44. The summed E-state index contributed by atoms with van der Waals surface area (Å²) in [5.74, 6) is -1.87. The minimum atomic E-state index is -5.09. The van der Waals surface area contributed by atoms with E-state index in [2.05, 4.69) is 19.9 Å². The summed E-state index contributed by atoms with van der Waals surface area (Å²) in [4.78, 5) is 25.2. The van der Waals surface area contributed by atoms with Gasteiger partial charge < -0.3 is 14.2 Å². The van der Waals surface area contributed by atoms with E-state index >= 15 is 0 Å². The van der Waals surface area contributed by atoms with Gasteiger partial charge in [0, 0.05) is 25.0 Å². The van der Waals surface area contributed by atoms with Crippen LogP contribution in [0.3, 0.4) is 0 Å². The Morgan fingerprint density at radius 3 is 2.31 bits per heavy atom. The highest BCUT2D eigenvalue weighted by atomic mass is 19.4. The molecule has 0 bridgehead atoms. The number of ether oxygens (including phenoxy) is 3. The molecule has 192 valence electrons. The zero-order valence-corrected chi connectivity index (χ0v) is 20.8. The van der Waals surface area contributed by atoms with Crippen LogP contribution in [-0.4, -0.2) is 37.4 Å². The zero-order chi connectivity index (χ0) is 26.0. The predicted octanol–water partition coefficient (Wildman–Crippen LogP) is 6.04. The van der Waals surface area contributed by atoms with E-state index in [1.807, 2.05) is 6.08 Å². The van der Waals surface area contributed by atoms with Gasteiger partial charge in [-0.1, -0.05) is 61.9 Å². The Bertz CT molecular complexity index is 1000. The summed E-state index contributed by atoms with van der Waals surface area (Å²) in [5, 5.41) is 0. The van der Waals surface area contributed by atoms with Gasteiger partial charge in [0.15, 0.2) is 6.10 Å². The monoisotopic (exact) mass is 494 g/mol. The van der Waals surface area contributed by atoms with Gasteiger partial charge in [-0.2, -0.15) is 13.2 Å². The fourth-order valence-electron chi connectivity index (χ4n) is 5.32. The van der Waals surface area contributed by atoms with E-state index < -0.39 is 41.5 Å². The molecule has 0 aromatic heterocycles. The number of carbonyl (C=O) groups is 2. The molecule has 5 nitrogen and oxygen atoms in total. The van der Waals surface area contributed by atoms with E-state index in [1.165, 1.54) is 31.2 Å². The zero-order valence-electron chi connectivity index (χ0n) is 20.8. The van der Waals surface area contributed by atoms with Crippen molar-refractivity contribution < 1.29 is 37.0 Å². The predicted molar refractivity (Wildman–Crippen MR) is 124 cm³/mol. The van der Waals surface area contributed by atoms with E-state index in [9.17, 15) is 22.8 Å². The van der Waals surface area contributed by atoms with Crippen LogP contribution in [0.4, 0.5) is 13.2 Å². The number of hydrogen-bond donors (Lipinski definition) is 0. The SMILES string of the molecule is CO[C@](C(=O)O[C@H]1CCC2=CCC[C@H](C)[C@@]2(C)/C=C(/C)[C@@H]1OC(C)=O)(c1ccccc1)C(F)(F)F. The van der Waals surface area contributed by atoms with Crippen molar-refractivity contribution in [3.8, 4) is 0 Å². The van der Waals surface area contributed by atoms with Gasteiger partial charge >= 0.3 is 18.1 Å². The molecule has 0 unspecified atom stereocenters. The minimum Gasteiger partial charge on any atom is -0.455 e. The first-order chi connectivity index (χ1) is 16.4. The lowest BCUT2D eigenvalue weighted by molar-refractivity contribution is -0.279. The molecule has 0 N–H and O–H groups in total. The lowest BCUT2D eigenvalue weighted by Crippen LogP contribution is -2.53. The van der Waals surface area contributed by atoms with Crippen LogP contribution in [-0.2, 0) is 29.4 Å². The number of halogens is 3. The van der Waals surface area contributed by atoms with Gasteiger partial charge in [0.1, 0.15) is 6.10 Å². The Morgan fingerprint density at radius 1 is 1.09 bits per heavy atom. The second-order valence-electron chi connectivity index (χ2n) is 9.64. The van der Waals surface area contributed by atoms with Crippen LogP contribution in [0, 0.1) is 11.3 Å². The highest BCUT2D eigenvalue weighted by Gasteiger charge is 2.64. The van der Waals surface area contributed by atoms with Crippen molar-refractivity contribution in [2.24, 2.45) is 11.3 Å². The second-order valence-corrected chi connectivity index (χ2v) is 9.64. The van der Waals surface area contributed by atoms with Crippen LogP contribution < -0.4 is 0 Å². The number of methoxy groups -OCH3 is 1. The Balaban J connectivity index is 2.05. The van der Waals surface area contributed by atoms with E-state index in [1.54, 1.807) is 13.0 Å². The maximum atomic E-state index is 14.4. The van der Waals surface area contributed by atoms with Crippen LogP contribution in [0.2, 0.25) is 0 Å². The largest absolute Gasteiger partial charge is 0.455 e. The van der Waals surface area contributed by atoms with Gasteiger partial charge in [0.25, 0.3) is 5.60 Å². The van der Waals surface area contributed by atoms with E-state index in [0.717, 1.165) is 25.5 Å². The molecule has 0 fully saturated rings. The number of hydrogen-bond acceptors (Lipinski definition) is 5. The summed E-state index contributed by atoms with van der Waals surface area (Å²) < 4.78 is 59.1. The molecule has 2 aliphatic carbocycles. The molecule has 1 aromatic carbocycles. The van der Waals surface area contributed by atoms with Gasteiger partial charge in [0.05, 0.1) is 0 Å². The number of esters is 2. The number of alkyl halides is 3. The molecular weight excluding hydrogens is 461 g/mol. The number of carbonyl (C=O) groups excluding carboxylic acids is 2. The van der Waals surface area contributed by atoms with E-state index in [0.29, 0.717) is 17.9 Å². The van der Waals surface area contributed by atoms with Crippen LogP contribution in [0.1, 0.15) is 58.9 Å². The average Bonchev–Trinajstić information content (AvgIpc) is 2.77. The van der Waals surface area contributed by atoms with Gasteiger partial charge in [-0.3, -0.25) is 4.79 Å². The summed E-state index contributed by atoms with van der Waals surface area (Å²) in [6, 6.07) is 6.67. The number of fused-ring (bicyclic) bond motifs is 1. The fraction of sp³-hybridized carbons (Fsp3) is 0.556. The summed E-state index contributed by atoms with van der Waals surface area (Å²) in [5.41, 5.74) is -2.20. The fourth-order valence-corrected chi connectivity index (χ4v) is 5.32. The molecule has 0 aliphatic heterocycles. The standard InChI is InChI=1S/C27H33F3O5/c1-17-16-25(4)18(2)10-9-13-20(25)14-15-22(23(17)34-19(3)31)35-24(32)26(33-5,27(28,29)30)21-11-7-6-8-12-21/h6-8,11-13,16,18,22-23H,9-10,14-15H2,1-5H3/b17-16-/t18-,22-,23-,25+,26-/m0/s1. The van der Waals surface area contributed by atoms with Crippen molar-refractivity contribution in [1.29, 1.82) is 0 Å². The molecule has 5 atom stereocenters. The topological polar surface area (TPSA) is 61.8 Å². The van der Waals surface area contributed by atoms with Crippen molar-refractivity contribution in [2.45, 2.75) is 77.4 Å². The first-order valence-electron chi connectivity index (χ1n) is 11.8. The molecule has 3 rings (SSSR count). The summed E-state index contributed by atoms with van der Waals surface area (Å²) in [7, 11) is 0.828. The molecule has 0 amide bonds. The average molecular weight is 495 g/mol. The maximum absolute atomic E-state index is 14.4.